The topological polar surface area (TPSA) is 25.8 Å². The Morgan fingerprint density at radius 2 is 1.34 bits per heavy atom. The van der Waals surface area contributed by atoms with Crippen molar-refractivity contribution >= 4 is 28.0 Å². The SMILES string of the molecule is CC(C)(C)C(P)(c1[cH-]ccc1CP(c1ccccn1)c1ccccn1)C12CC3CC(CC(C3)C1)C2.[Fe+2].c1cc[cH-]c1. The molecule has 0 N–H and O–H groups in total. The predicted molar refractivity (Wildman–Crippen MR) is 174 cm³/mol. The van der Waals surface area contributed by atoms with E-state index in [1.165, 1.54) is 55.0 Å². The van der Waals surface area contributed by atoms with Gasteiger partial charge in [0.25, 0.3) is 0 Å². The van der Waals surface area contributed by atoms with Crippen molar-refractivity contribution < 1.29 is 17.1 Å². The van der Waals surface area contributed by atoms with Crippen LogP contribution in [0.3, 0.4) is 0 Å². The molecule has 2 nitrogen and oxygen atoms in total. The molecule has 41 heavy (non-hydrogen) atoms. The molecule has 4 aromatic rings. The first-order chi connectivity index (χ1) is 19.3. The number of pyridine rings is 2. The summed E-state index contributed by atoms with van der Waals surface area (Å²) >= 11 is 0. The summed E-state index contributed by atoms with van der Waals surface area (Å²) in [6, 6.07) is 29.9. The van der Waals surface area contributed by atoms with Crippen LogP contribution in [-0.4, -0.2) is 9.97 Å². The fraction of sp³-hybridized carbons (Fsp3) is 0.444. The van der Waals surface area contributed by atoms with Gasteiger partial charge in [-0.05, 0) is 104 Å². The van der Waals surface area contributed by atoms with Gasteiger partial charge in [0.15, 0.2) is 0 Å². The van der Waals surface area contributed by atoms with Crippen molar-refractivity contribution in [2.45, 2.75) is 70.6 Å². The summed E-state index contributed by atoms with van der Waals surface area (Å²) in [7, 11) is 2.86. The van der Waals surface area contributed by atoms with Gasteiger partial charge in [0, 0.05) is 12.4 Å². The molecule has 2 aromatic heterocycles. The van der Waals surface area contributed by atoms with Gasteiger partial charge in [-0.3, -0.25) is 9.97 Å². The Balaban J connectivity index is 0.000000510. The van der Waals surface area contributed by atoms with Crippen LogP contribution in [0.2, 0.25) is 0 Å². The largest absolute Gasteiger partial charge is 2.00 e. The van der Waals surface area contributed by atoms with Crippen LogP contribution >= 0.6 is 17.2 Å². The fourth-order valence-electron chi connectivity index (χ4n) is 8.86. The third kappa shape index (κ3) is 5.95. The number of aromatic nitrogens is 2. The van der Waals surface area contributed by atoms with Crippen molar-refractivity contribution in [3.63, 3.8) is 0 Å². The molecule has 4 bridgehead atoms. The van der Waals surface area contributed by atoms with E-state index in [-0.39, 0.29) is 27.6 Å². The van der Waals surface area contributed by atoms with Crippen LogP contribution in [0.5, 0.6) is 0 Å². The van der Waals surface area contributed by atoms with E-state index in [1.54, 1.807) is 5.56 Å². The van der Waals surface area contributed by atoms with Gasteiger partial charge in [-0.1, -0.05) is 39.1 Å². The maximum absolute atomic E-state index is 4.81. The van der Waals surface area contributed by atoms with E-state index in [0.29, 0.717) is 5.41 Å². The summed E-state index contributed by atoms with van der Waals surface area (Å²) in [5, 5.41) is 0.0735. The van der Waals surface area contributed by atoms with Gasteiger partial charge in [0.2, 0.25) is 0 Å². The van der Waals surface area contributed by atoms with Gasteiger partial charge in [0.05, 0.1) is 10.9 Å². The molecule has 4 aliphatic rings. The van der Waals surface area contributed by atoms with Crippen LogP contribution in [0.25, 0.3) is 0 Å². The Kier molecular flexibility index (Phi) is 9.43. The second-order valence-electron chi connectivity index (χ2n) is 13.6. The Hall–Kier alpha value is -1.62. The van der Waals surface area contributed by atoms with Crippen molar-refractivity contribution in [1.82, 2.24) is 9.97 Å². The van der Waals surface area contributed by atoms with E-state index in [4.69, 9.17) is 9.97 Å². The number of hydrogen-bond acceptors (Lipinski definition) is 2. The van der Waals surface area contributed by atoms with Crippen LogP contribution in [0.15, 0.2) is 97.3 Å². The van der Waals surface area contributed by atoms with Crippen LogP contribution in [0.1, 0.15) is 70.4 Å². The Bertz CT molecular complexity index is 1270. The Labute approximate surface area is 261 Å². The monoisotopic (exact) mass is 622 g/mol. The van der Waals surface area contributed by atoms with Gasteiger partial charge in [-0.2, -0.15) is 41.5 Å². The molecule has 5 heteroatoms. The quantitative estimate of drug-likeness (QED) is 0.122. The molecule has 4 saturated carbocycles. The molecule has 4 aliphatic carbocycles. The number of hydrogen-bond donors (Lipinski definition) is 0. The molecule has 0 amide bonds. The number of rotatable bonds is 6. The molecule has 8 rings (SSSR count). The Morgan fingerprint density at radius 3 is 1.76 bits per heavy atom. The molecule has 2 heterocycles. The summed E-state index contributed by atoms with van der Waals surface area (Å²) in [4.78, 5) is 9.63. The first-order valence-corrected chi connectivity index (χ1v) is 17.2. The summed E-state index contributed by atoms with van der Waals surface area (Å²) in [6.07, 6.45) is 13.6. The number of nitrogens with zero attached hydrogens (tertiary/aromatic N) is 2. The van der Waals surface area contributed by atoms with E-state index < -0.39 is 7.92 Å². The summed E-state index contributed by atoms with van der Waals surface area (Å²) in [5.41, 5.74) is 5.99. The first-order valence-electron chi connectivity index (χ1n) is 15.1. The Morgan fingerprint density at radius 1 is 0.805 bits per heavy atom. The predicted octanol–water partition coefficient (Wildman–Crippen LogP) is 8.56. The van der Waals surface area contributed by atoms with Crippen molar-refractivity contribution in [3.05, 3.63) is 108 Å². The zero-order valence-corrected chi connectivity index (χ0v) is 27.8. The third-order valence-electron chi connectivity index (χ3n) is 10.1. The summed E-state index contributed by atoms with van der Waals surface area (Å²) in [6.45, 7) is 7.49. The standard InChI is InChI=1S/C31H39N2P2.C5H5.Fe/c1-29(2,3)31(34,30-18-22-15-23(19-30)17-24(16-22)20-30)26-10-8-9-25(26)21-35(27-11-4-6-13-32-27)28-12-5-7-14-33-28;1-2-4-5-3-1;/h4-14,22-24H,15-21,34H2,1-3H3;1-5H;/q2*-1;+2. The van der Waals surface area contributed by atoms with E-state index in [9.17, 15) is 0 Å². The normalized spacial score (nSPS) is 26.1. The minimum absolute atomic E-state index is 0. The fourth-order valence-corrected chi connectivity index (χ4v) is 11.6. The average Bonchev–Trinajstić information content (AvgIpc) is 3.67. The van der Waals surface area contributed by atoms with E-state index in [1.807, 2.05) is 54.9 Å². The van der Waals surface area contributed by atoms with E-state index in [0.717, 1.165) is 23.9 Å². The smallest absolute Gasteiger partial charge is 0.256 e. The van der Waals surface area contributed by atoms with Crippen LogP contribution in [0.4, 0.5) is 0 Å². The molecule has 0 radical (unpaired) electrons. The van der Waals surface area contributed by atoms with Gasteiger partial charge < -0.3 is 0 Å². The molecular formula is C36H44FeN2P2. The molecule has 0 saturated heterocycles. The molecule has 2 atom stereocenters. The minimum atomic E-state index is -0.665. The van der Waals surface area contributed by atoms with Crippen molar-refractivity contribution in [2.24, 2.45) is 28.6 Å². The first kappa shape index (κ1) is 30.8. The average molecular weight is 623 g/mol. The second kappa shape index (κ2) is 12.5. The van der Waals surface area contributed by atoms with Crippen LogP contribution < -0.4 is 10.9 Å². The summed E-state index contributed by atoms with van der Waals surface area (Å²) in [5.74, 6) is 2.84. The maximum atomic E-state index is 4.81. The van der Waals surface area contributed by atoms with E-state index in [2.05, 4.69) is 72.5 Å². The van der Waals surface area contributed by atoms with Crippen LogP contribution in [-0.2, 0) is 28.4 Å². The zero-order valence-electron chi connectivity index (χ0n) is 24.7. The van der Waals surface area contributed by atoms with Gasteiger partial charge >= 0.3 is 17.1 Å². The maximum Gasteiger partial charge on any atom is 2.00 e. The molecule has 2 aromatic carbocycles. The second-order valence-corrected chi connectivity index (χ2v) is 16.6. The molecule has 216 valence electrons. The van der Waals surface area contributed by atoms with Crippen molar-refractivity contribution in [1.29, 1.82) is 0 Å². The van der Waals surface area contributed by atoms with Crippen molar-refractivity contribution in [2.75, 3.05) is 0 Å². The molecular weight excluding hydrogens is 578 g/mol. The van der Waals surface area contributed by atoms with Gasteiger partial charge in [-0.15, -0.1) is 9.24 Å². The summed E-state index contributed by atoms with van der Waals surface area (Å²) < 4.78 is 0. The zero-order chi connectivity index (χ0) is 27.8. The van der Waals surface area contributed by atoms with Crippen molar-refractivity contribution in [3.8, 4) is 0 Å². The van der Waals surface area contributed by atoms with Crippen LogP contribution in [0, 0.1) is 28.6 Å². The molecule has 4 fully saturated rings. The van der Waals surface area contributed by atoms with E-state index >= 15 is 0 Å². The van der Waals surface area contributed by atoms with Gasteiger partial charge in [0.1, 0.15) is 0 Å². The van der Waals surface area contributed by atoms with Gasteiger partial charge in [-0.25, -0.2) is 18.2 Å². The minimum Gasteiger partial charge on any atom is -0.256 e. The molecule has 0 spiro atoms. The molecule has 2 unspecified atom stereocenters. The third-order valence-corrected chi connectivity index (χ3v) is 14.2. The molecule has 0 aliphatic heterocycles.